The molecule has 24 heavy (non-hydrogen) atoms. The number of carbonyl (C=O) groups excluding carboxylic acids is 1. The van der Waals surface area contributed by atoms with Crippen LogP contribution in [-0.2, 0) is 13.6 Å². The van der Waals surface area contributed by atoms with Crippen LogP contribution in [0.4, 0.5) is 8.78 Å². The first-order valence-electron chi connectivity index (χ1n) is 7.19. The maximum Gasteiger partial charge on any atom is 0.387 e. The highest BCUT2D eigenvalue weighted by molar-refractivity contribution is 7.20. The highest BCUT2D eigenvalue weighted by Gasteiger charge is 2.14. The molecule has 8 heteroatoms. The Morgan fingerprint density at radius 1 is 1.38 bits per heavy atom. The van der Waals surface area contributed by atoms with Crippen LogP contribution in [0.3, 0.4) is 0 Å². The van der Waals surface area contributed by atoms with Crippen molar-refractivity contribution in [3.63, 3.8) is 0 Å². The molecule has 0 atom stereocenters. The summed E-state index contributed by atoms with van der Waals surface area (Å²) in [4.78, 5) is 13.8. The number of halogens is 2. The monoisotopic (exact) mass is 351 g/mol. The molecular weight excluding hydrogens is 336 g/mol. The summed E-state index contributed by atoms with van der Waals surface area (Å²) in [5, 5.41) is 8.09. The number of alkyl halides is 2. The first-order chi connectivity index (χ1) is 11.4. The maximum atomic E-state index is 12.3. The molecule has 0 unspecified atom stereocenters. The molecule has 126 valence electrons. The fraction of sp³-hybridized carbons (Fsp3) is 0.250. The van der Waals surface area contributed by atoms with Crippen LogP contribution in [0, 0.1) is 6.92 Å². The first kappa shape index (κ1) is 16.4. The van der Waals surface area contributed by atoms with Crippen LogP contribution in [0.1, 0.15) is 20.9 Å². The van der Waals surface area contributed by atoms with Crippen LogP contribution < -0.4 is 10.1 Å². The third-order valence-electron chi connectivity index (χ3n) is 3.52. The summed E-state index contributed by atoms with van der Waals surface area (Å²) in [5.74, 6) is -0.0870. The van der Waals surface area contributed by atoms with Gasteiger partial charge in [-0.2, -0.15) is 13.9 Å². The lowest BCUT2D eigenvalue weighted by Crippen LogP contribution is -2.21. The molecule has 0 saturated heterocycles. The molecule has 0 bridgehead atoms. The number of aromatic nitrogens is 2. The number of rotatable bonds is 5. The number of benzene rings is 1. The number of amides is 1. The van der Waals surface area contributed by atoms with E-state index < -0.39 is 6.61 Å². The largest absolute Gasteiger partial charge is 0.435 e. The molecular formula is C16H15F2N3O2S. The van der Waals surface area contributed by atoms with Gasteiger partial charge >= 0.3 is 6.61 Å². The Labute approximate surface area is 140 Å². The standard InChI is InChI=1S/C16H15F2N3O2S/c1-9-12-7-13(24-15(12)21(2)20-9)14(22)19-8-10-3-5-11(6-4-10)23-16(17)18/h3-7,16H,8H2,1-2H3,(H,19,22). The van der Waals surface area contributed by atoms with Gasteiger partial charge in [-0.05, 0) is 30.7 Å². The minimum Gasteiger partial charge on any atom is -0.435 e. The molecule has 0 radical (unpaired) electrons. The van der Waals surface area contributed by atoms with Crippen molar-refractivity contribution in [3.8, 4) is 5.75 Å². The zero-order chi connectivity index (χ0) is 17.3. The summed E-state index contributed by atoms with van der Waals surface area (Å²) < 4.78 is 30.2. The predicted octanol–water partition coefficient (Wildman–Crippen LogP) is 3.47. The van der Waals surface area contributed by atoms with Gasteiger partial charge in [0, 0.05) is 19.0 Å². The van der Waals surface area contributed by atoms with E-state index in [9.17, 15) is 13.6 Å². The third-order valence-corrected chi connectivity index (χ3v) is 4.72. The molecule has 0 aliphatic rings. The average Bonchev–Trinajstić information content (AvgIpc) is 3.08. The van der Waals surface area contributed by atoms with Crippen molar-refractivity contribution in [1.82, 2.24) is 15.1 Å². The molecule has 2 heterocycles. The van der Waals surface area contributed by atoms with Gasteiger partial charge < -0.3 is 10.1 Å². The Balaban J connectivity index is 1.65. The summed E-state index contributed by atoms with van der Waals surface area (Å²) in [6.45, 7) is -0.638. The van der Waals surface area contributed by atoms with Gasteiger partial charge in [0.2, 0.25) is 0 Å². The average molecular weight is 351 g/mol. The fourth-order valence-corrected chi connectivity index (χ4v) is 3.41. The van der Waals surface area contributed by atoms with Crippen molar-refractivity contribution in [1.29, 1.82) is 0 Å². The van der Waals surface area contributed by atoms with E-state index in [-0.39, 0.29) is 11.7 Å². The molecule has 0 fully saturated rings. The second-order valence-electron chi connectivity index (χ2n) is 5.24. The van der Waals surface area contributed by atoms with Crippen molar-refractivity contribution >= 4 is 27.5 Å². The van der Waals surface area contributed by atoms with Crippen molar-refractivity contribution in [3.05, 3.63) is 46.5 Å². The lowest BCUT2D eigenvalue weighted by molar-refractivity contribution is -0.0498. The maximum absolute atomic E-state index is 12.3. The number of hydrogen-bond acceptors (Lipinski definition) is 4. The van der Waals surface area contributed by atoms with Gasteiger partial charge in [-0.3, -0.25) is 9.48 Å². The number of aryl methyl sites for hydroxylation is 2. The smallest absolute Gasteiger partial charge is 0.387 e. The van der Waals surface area contributed by atoms with E-state index in [0.29, 0.717) is 11.4 Å². The second kappa shape index (κ2) is 6.56. The van der Waals surface area contributed by atoms with E-state index in [1.165, 1.54) is 23.5 Å². The van der Waals surface area contributed by atoms with Crippen LogP contribution in [0.25, 0.3) is 10.2 Å². The van der Waals surface area contributed by atoms with Crippen molar-refractivity contribution in [2.45, 2.75) is 20.1 Å². The molecule has 1 aromatic carbocycles. The molecule has 2 aromatic heterocycles. The van der Waals surface area contributed by atoms with E-state index in [1.54, 1.807) is 16.8 Å². The van der Waals surface area contributed by atoms with Crippen molar-refractivity contribution in [2.75, 3.05) is 0 Å². The highest BCUT2D eigenvalue weighted by atomic mass is 32.1. The normalized spacial score (nSPS) is 11.2. The number of nitrogens with one attached hydrogen (secondary N) is 1. The number of ether oxygens (including phenoxy) is 1. The molecule has 1 amide bonds. The molecule has 5 nitrogen and oxygen atoms in total. The lowest BCUT2D eigenvalue weighted by atomic mass is 10.2. The Kier molecular flexibility index (Phi) is 4.48. The summed E-state index contributed by atoms with van der Waals surface area (Å²) in [7, 11) is 1.84. The topological polar surface area (TPSA) is 56.2 Å². The molecule has 1 N–H and O–H groups in total. The summed E-state index contributed by atoms with van der Waals surface area (Å²) >= 11 is 1.38. The lowest BCUT2D eigenvalue weighted by Gasteiger charge is -2.06. The SMILES string of the molecule is Cc1nn(C)c2sc(C(=O)NCc3ccc(OC(F)F)cc3)cc12. The summed E-state index contributed by atoms with van der Waals surface area (Å²) in [6.07, 6.45) is 0. The Morgan fingerprint density at radius 3 is 2.71 bits per heavy atom. The summed E-state index contributed by atoms with van der Waals surface area (Å²) in [6, 6.07) is 8.00. The van der Waals surface area contributed by atoms with E-state index >= 15 is 0 Å². The van der Waals surface area contributed by atoms with Crippen molar-refractivity contribution < 1.29 is 18.3 Å². The zero-order valence-electron chi connectivity index (χ0n) is 13.0. The van der Waals surface area contributed by atoms with Gasteiger partial charge in [-0.15, -0.1) is 11.3 Å². The molecule has 3 aromatic rings. The van der Waals surface area contributed by atoms with Crippen LogP contribution in [-0.4, -0.2) is 22.3 Å². The summed E-state index contributed by atoms with van der Waals surface area (Å²) in [5.41, 5.74) is 1.68. The molecule has 0 aliphatic carbocycles. The Hall–Kier alpha value is -2.48. The number of fused-ring (bicyclic) bond motifs is 1. The van der Waals surface area contributed by atoms with Crippen LogP contribution >= 0.6 is 11.3 Å². The molecule has 0 aliphatic heterocycles. The van der Waals surface area contributed by atoms with Gasteiger partial charge in [0.1, 0.15) is 10.6 Å². The van der Waals surface area contributed by atoms with E-state index in [0.717, 1.165) is 21.5 Å². The molecule has 3 rings (SSSR count). The first-order valence-corrected chi connectivity index (χ1v) is 8.01. The quantitative estimate of drug-likeness (QED) is 0.766. The highest BCUT2D eigenvalue weighted by Crippen LogP contribution is 2.27. The van der Waals surface area contributed by atoms with E-state index in [1.807, 2.05) is 20.0 Å². The number of hydrogen-bond donors (Lipinski definition) is 1. The minimum atomic E-state index is -2.85. The predicted molar refractivity (Wildman–Crippen MR) is 87.6 cm³/mol. The Morgan fingerprint density at radius 2 is 2.08 bits per heavy atom. The number of carbonyl (C=O) groups is 1. The van der Waals surface area contributed by atoms with Crippen LogP contribution in [0.15, 0.2) is 30.3 Å². The molecule has 0 spiro atoms. The fourth-order valence-electron chi connectivity index (χ4n) is 2.38. The second-order valence-corrected chi connectivity index (χ2v) is 6.27. The van der Waals surface area contributed by atoms with Crippen LogP contribution in [0.5, 0.6) is 5.75 Å². The zero-order valence-corrected chi connectivity index (χ0v) is 13.9. The van der Waals surface area contributed by atoms with E-state index in [4.69, 9.17) is 0 Å². The van der Waals surface area contributed by atoms with E-state index in [2.05, 4.69) is 15.2 Å². The van der Waals surface area contributed by atoms with Gasteiger partial charge in [0.25, 0.3) is 5.91 Å². The van der Waals surface area contributed by atoms with Crippen LogP contribution in [0.2, 0.25) is 0 Å². The minimum absolute atomic E-state index is 0.0903. The third kappa shape index (κ3) is 3.38. The van der Waals surface area contributed by atoms with Crippen molar-refractivity contribution in [2.24, 2.45) is 7.05 Å². The number of nitrogens with zero attached hydrogens (tertiary/aromatic N) is 2. The van der Waals surface area contributed by atoms with Gasteiger partial charge in [0.05, 0.1) is 10.6 Å². The van der Waals surface area contributed by atoms with Gasteiger partial charge in [-0.1, -0.05) is 12.1 Å². The Bertz CT molecular complexity index is 837. The number of thiophene rings is 1. The van der Waals surface area contributed by atoms with Gasteiger partial charge in [-0.25, -0.2) is 0 Å². The molecule has 0 saturated carbocycles. The van der Waals surface area contributed by atoms with Gasteiger partial charge in [0.15, 0.2) is 0 Å².